The summed E-state index contributed by atoms with van der Waals surface area (Å²) < 4.78 is 29.9. The Balaban J connectivity index is 2.03. The highest BCUT2D eigenvalue weighted by Gasteiger charge is 2.17. The monoisotopic (exact) mass is 371 g/mol. The molecular weight excluding hydrogens is 356 g/mol. The molecule has 0 fully saturated rings. The molecule has 0 unspecified atom stereocenters. The van der Waals surface area contributed by atoms with E-state index in [-0.39, 0.29) is 22.8 Å². The SMILES string of the molecule is C=CCNc1nnc(SCC(=O)c2cc(C)ccc2OC(F)F)s1. The average molecular weight is 371 g/mol. The lowest BCUT2D eigenvalue weighted by molar-refractivity contribution is -0.0501. The number of alkyl halides is 2. The summed E-state index contributed by atoms with van der Waals surface area (Å²) in [4.78, 5) is 12.3. The highest BCUT2D eigenvalue weighted by Crippen LogP contribution is 2.28. The number of rotatable bonds is 9. The molecule has 1 heterocycles. The molecule has 0 aliphatic heterocycles. The summed E-state index contributed by atoms with van der Waals surface area (Å²) in [5.74, 6) is -0.374. The van der Waals surface area contributed by atoms with Crippen LogP contribution >= 0.6 is 23.1 Å². The van der Waals surface area contributed by atoms with Gasteiger partial charge in [-0.3, -0.25) is 4.79 Å². The second-order valence-corrected chi connectivity index (χ2v) is 6.83. The van der Waals surface area contributed by atoms with Gasteiger partial charge in [0.2, 0.25) is 5.13 Å². The number of aromatic nitrogens is 2. The van der Waals surface area contributed by atoms with E-state index in [9.17, 15) is 13.6 Å². The molecule has 0 radical (unpaired) electrons. The summed E-state index contributed by atoms with van der Waals surface area (Å²) in [7, 11) is 0. The number of hydrogen-bond donors (Lipinski definition) is 1. The van der Waals surface area contributed by atoms with Crippen LogP contribution in [0.1, 0.15) is 15.9 Å². The second kappa shape index (κ2) is 8.74. The summed E-state index contributed by atoms with van der Waals surface area (Å²) >= 11 is 2.50. The van der Waals surface area contributed by atoms with Gasteiger partial charge >= 0.3 is 6.61 Å². The summed E-state index contributed by atoms with van der Waals surface area (Å²) in [5.41, 5.74) is 0.925. The van der Waals surface area contributed by atoms with Crippen LogP contribution in [0.2, 0.25) is 0 Å². The lowest BCUT2D eigenvalue weighted by atomic mass is 10.1. The maximum Gasteiger partial charge on any atom is 0.387 e. The van der Waals surface area contributed by atoms with Gasteiger partial charge in [0.25, 0.3) is 0 Å². The molecule has 0 amide bonds. The van der Waals surface area contributed by atoms with Crippen molar-refractivity contribution in [3.05, 3.63) is 42.0 Å². The van der Waals surface area contributed by atoms with Gasteiger partial charge in [-0.1, -0.05) is 40.8 Å². The number of halogens is 2. The summed E-state index contributed by atoms with van der Waals surface area (Å²) in [6, 6.07) is 4.53. The largest absolute Gasteiger partial charge is 0.434 e. The van der Waals surface area contributed by atoms with E-state index in [0.29, 0.717) is 16.0 Å². The van der Waals surface area contributed by atoms with Crippen LogP contribution in [0.5, 0.6) is 5.75 Å². The van der Waals surface area contributed by atoms with Gasteiger partial charge in [0.1, 0.15) is 5.75 Å². The van der Waals surface area contributed by atoms with Crippen LogP contribution in [-0.4, -0.2) is 34.9 Å². The number of anilines is 1. The first-order chi connectivity index (χ1) is 11.5. The zero-order chi connectivity index (χ0) is 17.5. The smallest absolute Gasteiger partial charge is 0.387 e. The van der Waals surface area contributed by atoms with Crippen LogP contribution in [0.25, 0.3) is 0 Å². The fourth-order valence-electron chi connectivity index (χ4n) is 1.76. The molecule has 0 atom stereocenters. The Morgan fingerprint density at radius 2 is 2.29 bits per heavy atom. The number of nitrogens with one attached hydrogen (secondary N) is 1. The Morgan fingerprint density at radius 3 is 3.00 bits per heavy atom. The minimum Gasteiger partial charge on any atom is -0.434 e. The van der Waals surface area contributed by atoms with Crippen LogP contribution in [0, 0.1) is 6.92 Å². The van der Waals surface area contributed by atoms with Crippen molar-refractivity contribution in [2.45, 2.75) is 17.9 Å². The van der Waals surface area contributed by atoms with Gasteiger partial charge in [-0.25, -0.2) is 0 Å². The number of carbonyl (C=O) groups is 1. The lowest BCUT2D eigenvalue weighted by Gasteiger charge is -2.10. The Kier molecular flexibility index (Phi) is 6.68. The van der Waals surface area contributed by atoms with Crippen molar-refractivity contribution in [1.29, 1.82) is 0 Å². The first kappa shape index (κ1) is 18.3. The summed E-state index contributed by atoms with van der Waals surface area (Å²) in [5, 5.41) is 11.5. The molecule has 1 aromatic carbocycles. The van der Waals surface area contributed by atoms with Gasteiger partial charge in [0.15, 0.2) is 10.1 Å². The van der Waals surface area contributed by atoms with Gasteiger partial charge in [-0.05, 0) is 19.1 Å². The Labute approximate surface area is 146 Å². The van der Waals surface area contributed by atoms with E-state index in [1.165, 1.54) is 35.2 Å². The molecule has 128 valence electrons. The zero-order valence-electron chi connectivity index (χ0n) is 12.8. The number of benzene rings is 1. The first-order valence-corrected chi connectivity index (χ1v) is 8.69. The summed E-state index contributed by atoms with van der Waals surface area (Å²) in [6.45, 7) is 2.95. The van der Waals surface area contributed by atoms with Gasteiger partial charge < -0.3 is 10.1 Å². The van der Waals surface area contributed by atoms with Crippen molar-refractivity contribution in [1.82, 2.24) is 10.2 Å². The number of nitrogens with zero attached hydrogens (tertiary/aromatic N) is 2. The van der Waals surface area contributed by atoms with Crippen LogP contribution in [-0.2, 0) is 0 Å². The van der Waals surface area contributed by atoms with E-state index in [1.54, 1.807) is 19.1 Å². The minimum atomic E-state index is -2.98. The fourth-order valence-corrected chi connectivity index (χ4v) is 3.41. The average Bonchev–Trinajstić information content (AvgIpc) is 2.99. The van der Waals surface area contributed by atoms with Crippen LogP contribution < -0.4 is 10.1 Å². The molecule has 24 heavy (non-hydrogen) atoms. The standard InChI is InChI=1S/C15H15F2N3O2S2/c1-3-6-18-14-19-20-15(24-14)23-8-11(21)10-7-9(2)4-5-12(10)22-13(16)17/h3-5,7,13H,1,6,8H2,2H3,(H,18,19). The van der Waals surface area contributed by atoms with E-state index < -0.39 is 6.61 Å². The van der Waals surface area contributed by atoms with E-state index in [2.05, 4.69) is 26.8 Å². The number of Topliss-reactive ketones (excluding diaryl/α,β-unsaturated/α-hetero) is 1. The van der Waals surface area contributed by atoms with E-state index in [4.69, 9.17) is 0 Å². The topological polar surface area (TPSA) is 64.1 Å². The molecule has 1 aromatic heterocycles. The molecule has 0 bridgehead atoms. The molecule has 0 saturated carbocycles. The zero-order valence-corrected chi connectivity index (χ0v) is 14.4. The van der Waals surface area contributed by atoms with Crippen molar-refractivity contribution in [2.24, 2.45) is 0 Å². The molecule has 0 spiro atoms. The normalized spacial score (nSPS) is 10.7. The Morgan fingerprint density at radius 1 is 1.50 bits per heavy atom. The molecular formula is C15H15F2N3O2S2. The fraction of sp³-hybridized carbons (Fsp3) is 0.267. The molecule has 9 heteroatoms. The van der Waals surface area contributed by atoms with Gasteiger partial charge in [0.05, 0.1) is 11.3 Å². The molecule has 0 aliphatic rings. The van der Waals surface area contributed by atoms with Gasteiger partial charge in [-0.15, -0.1) is 16.8 Å². The van der Waals surface area contributed by atoms with Crippen molar-refractivity contribution in [2.75, 3.05) is 17.6 Å². The molecule has 2 aromatic rings. The maximum atomic E-state index is 12.5. The number of ketones is 1. The third-order valence-electron chi connectivity index (χ3n) is 2.78. The number of ether oxygens (including phenoxy) is 1. The van der Waals surface area contributed by atoms with Crippen LogP contribution in [0.4, 0.5) is 13.9 Å². The maximum absolute atomic E-state index is 12.5. The first-order valence-electron chi connectivity index (χ1n) is 6.89. The summed E-state index contributed by atoms with van der Waals surface area (Å²) in [6.07, 6.45) is 1.69. The molecule has 2 rings (SSSR count). The Bertz CT molecular complexity index is 722. The Hall–Kier alpha value is -2.00. The van der Waals surface area contributed by atoms with Crippen LogP contribution in [0.15, 0.2) is 35.2 Å². The molecule has 0 aliphatic carbocycles. The van der Waals surface area contributed by atoms with E-state index in [1.807, 2.05) is 0 Å². The number of aryl methyl sites for hydroxylation is 1. The van der Waals surface area contributed by atoms with Gasteiger partial charge in [0, 0.05) is 6.54 Å². The molecule has 5 nitrogen and oxygen atoms in total. The van der Waals surface area contributed by atoms with Crippen molar-refractivity contribution in [3.8, 4) is 5.75 Å². The number of carbonyl (C=O) groups excluding carboxylic acids is 1. The molecule has 0 saturated heterocycles. The predicted octanol–water partition coefficient (Wildman–Crippen LogP) is 4.02. The van der Waals surface area contributed by atoms with Crippen molar-refractivity contribution < 1.29 is 18.3 Å². The highest BCUT2D eigenvalue weighted by molar-refractivity contribution is 8.01. The molecule has 1 N–H and O–H groups in total. The van der Waals surface area contributed by atoms with Crippen LogP contribution in [0.3, 0.4) is 0 Å². The number of thioether (sulfide) groups is 1. The predicted molar refractivity (Wildman–Crippen MR) is 91.5 cm³/mol. The van der Waals surface area contributed by atoms with E-state index >= 15 is 0 Å². The highest BCUT2D eigenvalue weighted by atomic mass is 32.2. The lowest BCUT2D eigenvalue weighted by Crippen LogP contribution is -2.10. The van der Waals surface area contributed by atoms with E-state index in [0.717, 1.165) is 5.56 Å². The third-order valence-corrected chi connectivity index (χ3v) is 4.80. The van der Waals surface area contributed by atoms with Gasteiger partial charge in [-0.2, -0.15) is 8.78 Å². The third kappa shape index (κ3) is 5.27. The number of hydrogen-bond acceptors (Lipinski definition) is 7. The second-order valence-electron chi connectivity index (χ2n) is 4.63. The quantitative estimate of drug-likeness (QED) is 0.408. The minimum absolute atomic E-state index is 0.0547. The van der Waals surface area contributed by atoms with Crippen molar-refractivity contribution >= 4 is 34.0 Å². The van der Waals surface area contributed by atoms with Crippen molar-refractivity contribution in [3.63, 3.8) is 0 Å².